The molecule has 0 spiro atoms. The van der Waals surface area contributed by atoms with Crippen LogP contribution in [-0.2, 0) is 4.79 Å². The van der Waals surface area contributed by atoms with Gasteiger partial charge < -0.3 is 4.74 Å². The number of aromatic amines is 1. The lowest BCUT2D eigenvalue weighted by molar-refractivity contribution is -0.121. The van der Waals surface area contributed by atoms with E-state index < -0.39 is 11.8 Å². The third-order valence-electron chi connectivity index (χ3n) is 2.93. The van der Waals surface area contributed by atoms with Gasteiger partial charge in [0.15, 0.2) is 17.4 Å². The lowest BCUT2D eigenvalue weighted by atomic mass is 10.2. The van der Waals surface area contributed by atoms with E-state index in [1.165, 1.54) is 0 Å². The van der Waals surface area contributed by atoms with Crippen LogP contribution in [0.25, 0.3) is 0 Å². The molecule has 2 aromatic rings. The molecule has 0 unspecified atom stereocenters. The second-order valence-electron chi connectivity index (χ2n) is 4.95. The first kappa shape index (κ1) is 17.4. The van der Waals surface area contributed by atoms with E-state index in [1.54, 1.807) is 19.1 Å². The molecule has 0 aliphatic rings. The van der Waals surface area contributed by atoms with Gasteiger partial charge in [-0.05, 0) is 43.8 Å². The van der Waals surface area contributed by atoms with Gasteiger partial charge in [0.25, 0.3) is 11.8 Å². The number of H-pyrrole nitrogens is 1. The fourth-order valence-electron chi connectivity index (χ4n) is 1.77. The number of nitrogens with one attached hydrogen (secondary N) is 4. The number of nitrogens with zero attached hydrogens (tertiary/aromatic N) is 1. The molecule has 0 saturated heterocycles. The number of ether oxygens (including phenoxy) is 1. The molecule has 0 saturated carbocycles. The summed E-state index contributed by atoms with van der Waals surface area (Å²) in [5.74, 6) is -0.304. The van der Waals surface area contributed by atoms with Gasteiger partial charge in [0.05, 0.1) is 0 Å². The van der Waals surface area contributed by atoms with Crippen LogP contribution in [0.4, 0.5) is 0 Å². The molecule has 9 heteroatoms. The lowest BCUT2D eigenvalue weighted by Crippen LogP contribution is -2.49. The van der Waals surface area contributed by atoms with Crippen molar-refractivity contribution in [3.63, 3.8) is 0 Å². The predicted octanol–water partition coefficient (Wildman–Crippen LogP) is 0.741. The summed E-state index contributed by atoms with van der Waals surface area (Å²) >= 11 is 4.92. The summed E-state index contributed by atoms with van der Waals surface area (Å²) in [4.78, 5) is 23.5. The van der Waals surface area contributed by atoms with Crippen LogP contribution in [0.3, 0.4) is 0 Å². The summed E-state index contributed by atoms with van der Waals surface area (Å²) < 4.78 is 5.40. The summed E-state index contributed by atoms with van der Waals surface area (Å²) in [5, 5.41) is 8.79. The molecule has 0 atom stereocenters. The molecule has 8 nitrogen and oxygen atoms in total. The Hall–Kier alpha value is -2.94. The topological polar surface area (TPSA) is 108 Å². The minimum absolute atomic E-state index is 0.0472. The molecular weight excluding hydrogens is 330 g/mol. The molecule has 1 aromatic heterocycles. The number of amides is 2. The molecular formula is C15H17N5O3S. The number of rotatable bonds is 4. The van der Waals surface area contributed by atoms with Crippen molar-refractivity contribution in [2.24, 2.45) is 0 Å². The highest BCUT2D eigenvalue weighted by atomic mass is 32.1. The Kier molecular flexibility index (Phi) is 5.85. The van der Waals surface area contributed by atoms with E-state index in [9.17, 15) is 9.59 Å². The van der Waals surface area contributed by atoms with E-state index in [0.717, 1.165) is 11.3 Å². The molecule has 1 heterocycles. The normalized spacial score (nSPS) is 9.92. The van der Waals surface area contributed by atoms with E-state index in [2.05, 4.69) is 26.4 Å². The highest BCUT2D eigenvalue weighted by molar-refractivity contribution is 7.80. The predicted molar refractivity (Wildman–Crippen MR) is 91.3 cm³/mol. The van der Waals surface area contributed by atoms with Crippen LogP contribution in [0.5, 0.6) is 5.75 Å². The van der Waals surface area contributed by atoms with Crippen molar-refractivity contribution in [2.75, 3.05) is 6.61 Å². The lowest BCUT2D eigenvalue weighted by Gasteiger charge is -2.11. The van der Waals surface area contributed by atoms with Gasteiger partial charge in [-0.1, -0.05) is 18.2 Å². The molecule has 1 aromatic carbocycles. The Balaban J connectivity index is 1.73. The van der Waals surface area contributed by atoms with E-state index in [-0.39, 0.29) is 17.4 Å². The van der Waals surface area contributed by atoms with Crippen LogP contribution in [0.1, 0.15) is 21.7 Å². The fourth-order valence-corrected chi connectivity index (χ4v) is 1.93. The average Bonchev–Trinajstić information content (AvgIpc) is 2.98. The SMILES string of the molecule is Cc1cc(C(=O)NNC(=S)NC(=O)COc2ccccc2C)n[nH]1. The molecule has 2 amide bonds. The first-order chi connectivity index (χ1) is 11.5. The highest BCUT2D eigenvalue weighted by Gasteiger charge is 2.11. The molecule has 4 N–H and O–H groups in total. The number of hydrazine groups is 1. The van der Waals surface area contributed by atoms with Crippen LogP contribution in [0, 0.1) is 13.8 Å². The molecule has 0 fully saturated rings. The Morgan fingerprint density at radius 1 is 1.25 bits per heavy atom. The fraction of sp³-hybridized carbons (Fsp3) is 0.200. The molecule has 0 aliphatic carbocycles. The summed E-state index contributed by atoms with van der Waals surface area (Å²) in [6, 6.07) is 8.93. The number of benzene rings is 1. The minimum Gasteiger partial charge on any atom is -0.483 e. The maximum absolute atomic E-state index is 11.8. The van der Waals surface area contributed by atoms with Crippen LogP contribution in [0.15, 0.2) is 30.3 Å². The van der Waals surface area contributed by atoms with Crippen LogP contribution < -0.4 is 20.9 Å². The number of carbonyl (C=O) groups excluding carboxylic acids is 2. The zero-order valence-corrected chi connectivity index (χ0v) is 14.0. The Labute approximate surface area is 143 Å². The molecule has 0 aliphatic heterocycles. The van der Waals surface area contributed by atoms with Gasteiger partial charge in [-0.15, -0.1) is 0 Å². The number of aryl methyl sites for hydroxylation is 2. The van der Waals surface area contributed by atoms with Crippen molar-refractivity contribution >= 4 is 29.1 Å². The molecule has 0 bridgehead atoms. The largest absolute Gasteiger partial charge is 0.483 e. The minimum atomic E-state index is -0.480. The van der Waals surface area contributed by atoms with Crippen molar-refractivity contribution in [2.45, 2.75) is 13.8 Å². The van der Waals surface area contributed by atoms with E-state index in [4.69, 9.17) is 17.0 Å². The van der Waals surface area contributed by atoms with Gasteiger partial charge in [-0.25, -0.2) is 0 Å². The maximum Gasteiger partial charge on any atom is 0.290 e. The average molecular weight is 347 g/mol. The number of aromatic nitrogens is 2. The van der Waals surface area contributed by atoms with E-state index in [1.807, 2.05) is 25.1 Å². The number of hydrogen-bond acceptors (Lipinski definition) is 5. The molecule has 2 rings (SSSR count). The first-order valence-corrected chi connectivity index (χ1v) is 7.47. The van der Waals surface area contributed by atoms with Gasteiger partial charge >= 0.3 is 0 Å². The zero-order chi connectivity index (χ0) is 17.5. The quantitative estimate of drug-likeness (QED) is 0.480. The molecule has 0 radical (unpaired) electrons. The summed E-state index contributed by atoms with van der Waals surface area (Å²) in [5.41, 5.74) is 6.64. The molecule has 126 valence electrons. The zero-order valence-electron chi connectivity index (χ0n) is 13.2. The second-order valence-corrected chi connectivity index (χ2v) is 5.36. The van der Waals surface area contributed by atoms with Gasteiger partial charge in [0.2, 0.25) is 0 Å². The van der Waals surface area contributed by atoms with Crippen LogP contribution in [-0.4, -0.2) is 33.7 Å². The van der Waals surface area contributed by atoms with E-state index in [0.29, 0.717) is 5.75 Å². The Bertz CT molecular complexity index is 759. The summed E-state index contributed by atoms with van der Waals surface area (Å²) in [6.45, 7) is 3.46. The number of thiocarbonyl (C=S) groups is 1. The highest BCUT2D eigenvalue weighted by Crippen LogP contribution is 2.15. The van der Waals surface area contributed by atoms with Crippen LogP contribution in [0.2, 0.25) is 0 Å². The van der Waals surface area contributed by atoms with E-state index >= 15 is 0 Å². The standard InChI is InChI=1S/C15H17N5O3S/c1-9-5-3-4-6-12(9)23-8-13(21)16-15(24)20-19-14(22)11-7-10(2)17-18-11/h3-7H,8H2,1-2H3,(H,17,18)(H,19,22)(H2,16,20,21,24). The van der Waals surface area contributed by atoms with Crippen molar-refractivity contribution in [3.8, 4) is 5.75 Å². The van der Waals surface area contributed by atoms with Crippen molar-refractivity contribution in [1.82, 2.24) is 26.4 Å². The van der Waals surface area contributed by atoms with Crippen LogP contribution >= 0.6 is 12.2 Å². The smallest absolute Gasteiger partial charge is 0.290 e. The summed E-state index contributed by atoms with van der Waals surface area (Å²) in [7, 11) is 0. The maximum atomic E-state index is 11.8. The Morgan fingerprint density at radius 2 is 2.00 bits per heavy atom. The van der Waals surface area contributed by atoms with Gasteiger partial charge in [0.1, 0.15) is 5.75 Å². The first-order valence-electron chi connectivity index (χ1n) is 7.06. The van der Waals surface area contributed by atoms with Gasteiger partial charge in [0, 0.05) is 5.69 Å². The monoisotopic (exact) mass is 347 g/mol. The second kappa shape index (κ2) is 8.06. The number of para-hydroxylation sites is 1. The van der Waals surface area contributed by atoms with Gasteiger partial charge in [-0.3, -0.25) is 30.9 Å². The summed E-state index contributed by atoms with van der Waals surface area (Å²) in [6.07, 6.45) is 0. The number of carbonyl (C=O) groups is 2. The molecule has 24 heavy (non-hydrogen) atoms. The Morgan fingerprint density at radius 3 is 2.67 bits per heavy atom. The third-order valence-corrected chi connectivity index (χ3v) is 3.14. The van der Waals surface area contributed by atoms with Crippen molar-refractivity contribution < 1.29 is 14.3 Å². The number of hydrogen-bond donors (Lipinski definition) is 4. The van der Waals surface area contributed by atoms with Crippen molar-refractivity contribution in [3.05, 3.63) is 47.3 Å². The van der Waals surface area contributed by atoms with Gasteiger partial charge in [-0.2, -0.15) is 5.10 Å². The third kappa shape index (κ3) is 5.06. The van der Waals surface area contributed by atoms with Crippen molar-refractivity contribution in [1.29, 1.82) is 0 Å².